The van der Waals surface area contributed by atoms with Gasteiger partial charge in [0.2, 0.25) is 5.91 Å². The predicted octanol–water partition coefficient (Wildman–Crippen LogP) is 3.06. The molecule has 1 unspecified atom stereocenters. The summed E-state index contributed by atoms with van der Waals surface area (Å²) in [6.45, 7) is 2.50. The summed E-state index contributed by atoms with van der Waals surface area (Å²) in [7, 11) is 0. The molecule has 2 rings (SSSR count). The molecule has 17 heavy (non-hydrogen) atoms. The number of likely N-dealkylation sites (tertiary alicyclic amines) is 1. The first-order chi connectivity index (χ1) is 7.99. The summed E-state index contributed by atoms with van der Waals surface area (Å²) in [4.78, 5) is 25.3. The van der Waals surface area contributed by atoms with Crippen LogP contribution in [-0.4, -0.2) is 23.3 Å². The lowest BCUT2D eigenvalue weighted by atomic mass is 10.2. The fourth-order valence-electron chi connectivity index (χ4n) is 1.89. The number of halogens is 2. The third-order valence-electron chi connectivity index (χ3n) is 2.72. The zero-order chi connectivity index (χ0) is 12.6. The molecule has 1 aliphatic heterocycles. The number of carbonyl (C=O) groups excluding carboxylic acids is 2. The number of hydrogen-bond acceptors (Lipinski definition) is 2. The summed E-state index contributed by atoms with van der Waals surface area (Å²) in [6, 6.07) is 5.54. The molecule has 1 aromatic rings. The maximum absolute atomic E-state index is 12.2. The van der Waals surface area contributed by atoms with Gasteiger partial charge in [0.25, 0.3) is 5.91 Å². The molecule has 3 nitrogen and oxygen atoms in total. The Bertz CT molecular complexity index is 489. The van der Waals surface area contributed by atoms with Crippen molar-refractivity contribution in [3.63, 3.8) is 0 Å². The molecule has 0 N–H and O–H groups in total. The number of carbonyl (C=O) groups is 2. The van der Waals surface area contributed by atoms with Crippen molar-refractivity contribution in [2.24, 2.45) is 5.92 Å². The van der Waals surface area contributed by atoms with Gasteiger partial charge in [0, 0.05) is 21.0 Å². The van der Waals surface area contributed by atoms with E-state index in [1.165, 1.54) is 4.90 Å². The topological polar surface area (TPSA) is 37.4 Å². The largest absolute Gasteiger partial charge is 0.278 e. The lowest BCUT2D eigenvalue weighted by Gasteiger charge is -2.15. The molecule has 1 atom stereocenters. The van der Waals surface area contributed by atoms with Gasteiger partial charge in [-0.25, -0.2) is 0 Å². The van der Waals surface area contributed by atoms with Crippen molar-refractivity contribution < 1.29 is 9.59 Å². The van der Waals surface area contributed by atoms with E-state index in [1.54, 1.807) is 6.07 Å². The normalized spacial score (nSPS) is 19.8. The molecule has 1 heterocycles. The van der Waals surface area contributed by atoms with E-state index in [-0.39, 0.29) is 17.7 Å². The van der Waals surface area contributed by atoms with Crippen LogP contribution in [0.25, 0.3) is 0 Å². The summed E-state index contributed by atoms with van der Waals surface area (Å²) in [5.74, 6) is -0.0222. The number of benzene rings is 1. The summed E-state index contributed by atoms with van der Waals surface area (Å²) in [5, 5.41) is 0. The highest BCUT2D eigenvalue weighted by atomic mass is 127. The molecule has 0 bridgehead atoms. The Balaban J connectivity index is 2.31. The van der Waals surface area contributed by atoms with Crippen molar-refractivity contribution in [2.75, 3.05) is 6.54 Å². The Morgan fingerprint density at radius 2 is 2.24 bits per heavy atom. The molecular weight excluding hydrogens is 397 g/mol. The highest BCUT2D eigenvalue weighted by Crippen LogP contribution is 2.25. The summed E-state index contributed by atoms with van der Waals surface area (Å²) in [5.41, 5.74) is 0.555. The molecule has 0 saturated carbocycles. The van der Waals surface area contributed by atoms with Crippen molar-refractivity contribution >= 4 is 50.3 Å². The van der Waals surface area contributed by atoms with Crippen LogP contribution >= 0.6 is 38.5 Å². The van der Waals surface area contributed by atoms with Gasteiger partial charge in [0.1, 0.15) is 0 Å². The number of hydrogen-bond donors (Lipinski definition) is 0. The monoisotopic (exact) mass is 407 g/mol. The molecule has 0 radical (unpaired) electrons. The second kappa shape index (κ2) is 5.06. The second-order valence-corrected chi connectivity index (χ2v) is 6.34. The molecule has 0 spiro atoms. The van der Waals surface area contributed by atoms with E-state index in [9.17, 15) is 9.59 Å². The van der Waals surface area contributed by atoms with Crippen LogP contribution in [0, 0.1) is 9.49 Å². The van der Waals surface area contributed by atoms with Gasteiger partial charge in [0.15, 0.2) is 0 Å². The van der Waals surface area contributed by atoms with Gasteiger partial charge in [-0.05, 0) is 62.6 Å². The SMILES string of the molecule is CC1CC(=O)N(C(=O)c2cc(I)ccc2Br)C1. The molecule has 1 saturated heterocycles. The van der Waals surface area contributed by atoms with Gasteiger partial charge >= 0.3 is 0 Å². The maximum Gasteiger partial charge on any atom is 0.261 e. The van der Waals surface area contributed by atoms with E-state index in [0.717, 1.165) is 8.04 Å². The smallest absolute Gasteiger partial charge is 0.261 e. The van der Waals surface area contributed by atoms with Gasteiger partial charge in [-0.2, -0.15) is 0 Å². The summed E-state index contributed by atoms with van der Waals surface area (Å²) in [6.07, 6.45) is 0.466. The van der Waals surface area contributed by atoms with Crippen molar-refractivity contribution in [1.29, 1.82) is 0 Å². The van der Waals surface area contributed by atoms with Gasteiger partial charge in [-0.1, -0.05) is 6.92 Å². The molecule has 90 valence electrons. The molecular formula is C12H11BrINO2. The van der Waals surface area contributed by atoms with E-state index in [1.807, 2.05) is 19.1 Å². The lowest BCUT2D eigenvalue weighted by molar-refractivity contribution is -0.125. The van der Waals surface area contributed by atoms with Crippen LogP contribution in [0.15, 0.2) is 22.7 Å². The second-order valence-electron chi connectivity index (χ2n) is 4.24. The quantitative estimate of drug-likeness (QED) is 0.530. The Kier molecular flexibility index (Phi) is 3.87. The summed E-state index contributed by atoms with van der Waals surface area (Å²) < 4.78 is 1.71. The Labute approximate surface area is 122 Å². The van der Waals surface area contributed by atoms with E-state index in [0.29, 0.717) is 18.5 Å². The first kappa shape index (κ1) is 13.0. The standard InChI is InChI=1S/C12H11BrINO2/c1-7-4-11(16)15(6-7)12(17)9-5-8(14)2-3-10(9)13/h2-3,5,7H,4,6H2,1H3. The first-order valence-corrected chi connectivity index (χ1v) is 7.16. The van der Waals surface area contributed by atoms with E-state index in [4.69, 9.17) is 0 Å². The van der Waals surface area contributed by atoms with E-state index in [2.05, 4.69) is 38.5 Å². The van der Waals surface area contributed by atoms with Gasteiger partial charge < -0.3 is 0 Å². The van der Waals surface area contributed by atoms with Gasteiger partial charge in [0.05, 0.1) is 5.56 Å². The van der Waals surface area contributed by atoms with Crippen molar-refractivity contribution in [3.8, 4) is 0 Å². The van der Waals surface area contributed by atoms with E-state index < -0.39 is 0 Å². The van der Waals surface area contributed by atoms with Crippen LogP contribution in [0.5, 0.6) is 0 Å². The highest BCUT2D eigenvalue weighted by Gasteiger charge is 2.32. The molecule has 5 heteroatoms. The molecule has 0 aromatic heterocycles. The average molecular weight is 408 g/mol. The molecule has 2 amide bonds. The van der Waals surface area contributed by atoms with Gasteiger partial charge in [-0.3, -0.25) is 14.5 Å². The fraction of sp³-hybridized carbons (Fsp3) is 0.333. The Morgan fingerprint density at radius 1 is 1.53 bits per heavy atom. The molecule has 1 fully saturated rings. The summed E-state index contributed by atoms with van der Waals surface area (Å²) >= 11 is 5.50. The van der Waals surface area contributed by atoms with Crippen molar-refractivity contribution in [2.45, 2.75) is 13.3 Å². The van der Waals surface area contributed by atoms with Crippen LogP contribution in [0.3, 0.4) is 0 Å². The number of amides is 2. The molecule has 1 aromatic carbocycles. The van der Waals surface area contributed by atoms with Gasteiger partial charge in [-0.15, -0.1) is 0 Å². The van der Waals surface area contributed by atoms with E-state index >= 15 is 0 Å². The minimum absolute atomic E-state index is 0.0757. The van der Waals surface area contributed by atoms with Crippen LogP contribution in [-0.2, 0) is 4.79 Å². The fourth-order valence-corrected chi connectivity index (χ4v) is 2.80. The lowest BCUT2D eigenvalue weighted by Crippen LogP contribution is -2.32. The zero-order valence-corrected chi connectivity index (χ0v) is 13.0. The average Bonchev–Trinajstić information content (AvgIpc) is 2.60. The molecule has 0 aliphatic carbocycles. The van der Waals surface area contributed by atoms with Crippen LogP contribution in [0.4, 0.5) is 0 Å². The Morgan fingerprint density at radius 3 is 2.82 bits per heavy atom. The number of nitrogens with zero attached hydrogens (tertiary/aromatic N) is 1. The zero-order valence-electron chi connectivity index (χ0n) is 9.24. The minimum atomic E-state index is -0.204. The highest BCUT2D eigenvalue weighted by molar-refractivity contribution is 14.1. The number of imide groups is 1. The van der Waals surface area contributed by atoms with Crippen molar-refractivity contribution in [3.05, 3.63) is 31.8 Å². The molecule has 1 aliphatic rings. The third-order valence-corrected chi connectivity index (χ3v) is 4.08. The Hall–Kier alpha value is -0.430. The predicted molar refractivity (Wildman–Crippen MR) is 76.7 cm³/mol. The number of rotatable bonds is 1. The maximum atomic E-state index is 12.2. The third kappa shape index (κ3) is 2.70. The van der Waals surface area contributed by atoms with Crippen LogP contribution in [0.1, 0.15) is 23.7 Å². The van der Waals surface area contributed by atoms with Crippen LogP contribution < -0.4 is 0 Å². The van der Waals surface area contributed by atoms with Crippen LogP contribution in [0.2, 0.25) is 0 Å². The van der Waals surface area contributed by atoms with Crippen molar-refractivity contribution in [1.82, 2.24) is 4.90 Å². The first-order valence-electron chi connectivity index (χ1n) is 5.29. The minimum Gasteiger partial charge on any atom is -0.278 e.